The Morgan fingerprint density at radius 1 is 1.35 bits per heavy atom. The van der Waals surface area contributed by atoms with Gasteiger partial charge in [-0.2, -0.15) is 0 Å². The van der Waals surface area contributed by atoms with Gasteiger partial charge < -0.3 is 5.11 Å². The van der Waals surface area contributed by atoms with Crippen LogP contribution in [0.15, 0.2) is 24.3 Å². The Hall–Kier alpha value is -1.35. The summed E-state index contributed by atoms with van der Waals surface area (Å²) < 4.78 is 1.23. The van der Waals surface area contributed by atoms with Gasteiger partial charge in [0.05, 0.1) is 6.42 Å². The number of aliphatic carboxylic acids is 1. The molecule has 90 valence electrons. The third-order valence-corrected chi connectivity index (χ3v) is 4.69. The van der Waals surface area contributed by atoms with Crippen LogP contribution in [-0.4, -0.2) is 11.1 Å². The summed E-state index contributed by atoms with van der Waals surface area (Å²) in [6, 6.07) is 8.23. The molecular formula is C14H16O2S. The highest BCUT2D eigenvalue weighted by Gasteiger charge is 2.28. The topological polar surface area (TPSA) is 37.3 Å². The molecule has 0 radical (unpaired) electrons. The van der Waals surface area contributed by atoms with Crippen molar-refractivity contribution in [3.8, 4) is 0 Å². The number of aryl methyl sites for hydroxylation is 1. The second-order valence-electron chi connectivity index (χ2n) is 5.01. The maximum absolute atomic E-state index is 10.9. The molecule has 0 amide bonds. The van der Waals surface area contributed by atoms with Crippen molar-refractivity contribution in [2.75, 3.05) is 0 Å². The maximum atomic E-state index is 10.9. The molecule has 0 fully saturated rings. The zero-order valence-corrected chi connectivity index (χ0v) is 11.1. The van der Waals surface area contributed by atoms with Crippen molar-refractivity contribution in [1.29, 1.82) is 0 Å². The van der Waals surface area contributed by atoms with E-state index in [-0.39, 0.29) is 11.8 Å². The van der Waals surface area contributed by atoms with Gasteiger partial charge in [-0.15, -0.1) is 11.3 Å². The quantitative estimate of drug-likeness (QED) is 0.892. The highest BCUT2D eigenvalue weighted by molar-refractivity contribution is 7.19. The van der Waals surface area contributed by atoms with E-state index in [0.29, 0.717) is 0 Å². The van der Waals surface area contributed by atoms with Crippen LogP contribution in [-0.2, 0) is 10.2 Å². The fourth-order valence-electron chi connectivity index (χ4n) is 2.28. The van der Waals surface area contributed by atoms with Gasteiger partial charge in [-0.1, -0.05) is 32.0 Å². The van der Waals surface area contributed by atoms with Gasteiger partial charge in [0.1, 0.15) is 0 Å². The molecule has 1 N–H and O–H groups in total. The van der Waals surface area contributed by atoms with E-state index in [0.717, 1.165) is 0 Å². The molecule has 1 heterocycles. The van der Waals surface area contributed by atoms with Crippen LogP contribution in [0.3, 0.4) is 0 Å². The van der Waals surface area contributed by atoms with Crippen LogP contribution in [0.4, 0.5) is 0 Å². The van der Waals surface area contributed by atoms with Crippen LogP contribution < -0.4 is 0 Å². The van der Waals surface area contributed by atoms with Gasteiger partial charge in [-0.05, 0) is 23.9 Å². The zero-order chi connectivity index (χ0) is 12.6. The lowest BCUT2D eigenvalue weighted by molar-refractivity contribution is -0.138. The van der Waals surface area contributed by atoms with E-state index in [1.807, 2.05) is 26.0 Å². The standard InChI is InChI=1S/C14H16O2S/c1-9-10-6-4-5-7-11(10)17-13(9)14(2,3)8-12(15)16/h4-7H,8H2,1-3H3,(H,15,16). The number of hydrogen-bond donors (Lipinski definition) is 1. The van der Waals surface area contributed by atoms with Crippen molar-refractivity contribution < 1.29 is 9.90 Å². The lowest BCUT2D eigenvalue weighted by Crippen LogP contribution is -2.21. The van der Waals surface area contributed by atoms with Crippen molar-refractivity contribution in [1.82, 2.24) is 0 Å². The minimum Gasteiger partial charge on any atom is -0.481 e. The minimum atomic E-state index is -0.744. The first kappa shape index (κ1) is 12.1. The molecule has 0 bridgehead atoms. The summed E-state index contributed by atoms with van der Waals surface area (Å²) in [4.78, 5) is 12.1. The normalized spacial score (nSPS) is 11.9. The number of thiophene rings is 1. The monoisotopic (exact) mass is 248 g/mol. The molecule has 2 aromatic rings. The Morgan fingerprint density at radius 3 is 2.59 bits per heavy atom. The van der Waals surface area contributed by atoms with Crippen molar-refractivity contribution >= 4 is 27.4 Å². The lowest BCUT2D eigenvalue weighted by Gasteiger charge is -2.22. The second-order valence-corrected chi connectivity index (χ2v) is 6.06. The lowest BCUT2D eigenvalue weighted by atomic mass is 9.85. The molecule has 1 aromatic heterocycles. The predicted octanol–water partition coefficient (Wildman–Crippen LogP) is 3.96. The van der Waals surface area contributed by atoms with Crippen LogP contribution in [0.2, 0.25) is 0 Å². The van der Waals surface area contributed by atoms with Crippen LogP contribution in [0, 0.1) is 6.92 Å². The Morgan fingerprint density at radius 2 is 2.00 bits per heavy atom. The van der Waals surface area contributed by atoms with E-state index in [2.05, 4.69) is 19.1 Å². The first-order chi connectivity index (χ1) is 7.92. The zero-order valence-electron chi connectivity index (χ0n) is 10.3. The van der Waals surface area contributed by atoms with Gasteiger partial charge in [-0.3, -0.25) is 4.79 Å². The molecule has 3 heteroatoms. The predicted molar refractivity (Wildman–Crippen MR) is 71.8 cm³/mol. The molecule has 0 saturated heterocycles. The number of fused-ring (bicyclic) bond motifs is 1. The van der Waals surface area contributed by atoms with Gasteiger partial charge in [0.25, 0.3) is 0 Å². The SMILES string of the molecule is Cc1c(C(C)(C)CC(=O)O)sc2ccccc12. The Bertz CT molecular complexity index is 567. The molecule has 0 aliphatic rings. The molecule has 0 aliphatic carbocycles. The van der Waals surface area contributed by atoms with Gasteiger partial charge >= 0.3 is 5.97 Å². The van der Waals surface area contributed by atoms with Crippen molar-refractivity contribution in [3.05, 3.63) is 34.7 Å². The van der Waals surface area contributed by atoms with Gasteiger partial charge in [0.15, 0.2) is 0 Å². The smallest absolute Gasteiger partial charge is 0.304 e. The third kappa shape index (κ3) is 2.20. The number of rotatable bonds is 3. The largest absolute Gasteiger partial charge is 0.481 e. The average Bonchev–Trinajstić information content (AvgIpc) is 2.56. The molecule has 1 aromatic carbocycles. The van der Waals surface area contributed by atoms with Gasteiger partial charge in [0.2, 0.25) is 0 Å². The third-order valence-electron chi connectivity index (χ3n) is 3.05. The Kier molecular flexibility index (Phi) is 2.96. The second kappa shape index (κ2) is 4.15. The number of benzene rings is 1. The maximum Gasteiger partial charge on any atom is 0.304 e. The fraction of sp³-hybridized carbons (Fsp3) is 0.357. The van der Waals surface area contributed by atoms with E-state index in [4.69, 9.17) is 5.11 Å². The highest BCUT2D eigenvalue weighted by atomic mass is 32.1. The van der Waals surface area contributed by atoms with Crippen LogP contribution in [0.5, 0.6) is 0 Å². The fourth-order valence-corrected chi connectivity index (χ4v) is 3.59. The summed E-state index contributed by atoms with van der Waals surface area (Å²) in [5, 5.41) is 10.2. The first-order valence-electron chi connectivity index (χ1n) is 5.62. The number of carbonyl (C=O) groups is 1. The average molecular weight is 248 g/mol. The molecule has 0 unspecified atom stereocenters. The van der Waals surface area contributed by atoms with Crippen molar-refractivity contribution in [2.24, 2.45) is 0 Å². The van der Waals surface area contributed by atoms with E-state index < -0.39 is 5.97 Å². The van der Waals surface area contributed by atoms with E-state index in [9.17, 15) is 4.79 Å². The first-order valence-corrected chi connectivity index (χ1v) is 6.44. The Balaban J connectivity index is 2.55. The van der Waals surface area contributed by atoms with Crippen molar-refractivity contribution in [3.63, 3.8) is 0 Å². The van der Waals surface area contributed by atoms with Gasteiger partial charge in [-0.25, -0.2) is 0 Å². The van der Waals surface area contributed by atoms with E-state index in [1.165, 1.54) is 20.5 Å². The number of carboxylic acids is 1. The Labute approximate surface area is 105 Å². The molecule has 0 atom stereocenters. The summed E-state index contributed by atoms with van der Waals surface area (Å²) in [5.74, 6) is -0.744. The van der Waals surface area contributed by atoms with Crippen LogP contribution in [0.25, 0.3) is 10.1 Å². The van der Waals surface area contributed by atoms with E-state index in [1.54, 1.807) is 11.3 Å². The van der Waals surface area contributed by atoms with Crippen molar-refractivity contribution in [2.45, 2.75) is 32.6 Å². The van der Waals surface area contributed by atoms with Gasteiger partial charge in [0, 0.05) is 15.0 Å². The molecule has 0 spiro atoms. The molecule has 2 nitrogen and oxygen atoms in total. The molecule has 2 rings (SSSR count). The molecule has 0 saturated carbocycles. The summed E-state index contributed by atoms with van der Waals surface area (Å²) in [5.41, 5.74) is 0.913. The van der Waals surface area contributed by atoms with E-state index >= 15 is 0 Å². The molecular weight excluding hydrogens is 232 g/mol. The number of hydrogen-bond acceptors (Lipinski definition) is 2. The summed E-state index contributed by atoms with van der Waals surface area (Å²) in [7, 11) is 0. The summed E-state index contributed by atoms with van der Waals surface area (Å²) in [6.45, 7) is 6.08. The molecule has 0 aliphatic heterocycles. The summed E-state index contributed by atoms with van der Waals surface area (Å²) in [6.07, 6.45) is 0.167. The highest BCUT2D eigenvalue weighted by Crippen LogP contribution is 2.40. The number of carboxylic acid groups (broad SMARTS) is 1. The minimum absolute atomic E-state index is 0.167. The molecule has 17 heavy (non-hydrogen) atoms. The van der Waals surface area contributed by atoms with Crippen LogP contribution in [0.1, 0.15) is 30.7 Å². The van der Waals surface area contributed by atoms with Crippen LogP contribution >= 0.6 is 11.3 Å². The summed E-state index contributed by atoms with van der Waals surface area (Å²) >= 11 is 1.71.